The van der Waals surface area contributed by atoms with Crippen LogP contribution in [0.15, 0.2) is 47.5 Å². The van der Waals surface area contributed by atoms with E-state index in [1.54, 1.807) is 13.0 Å². The van der Waals surface area contributed by atoms with Crippen molar-refractivity contribution in [2.75, 3.05) is 13.1 Å². The van der Waals surface area contributed by atoms with Crippen LogP contribution in [0, 0.1) is 12.7 Å². The maximum atomic E-state index is 13.4. The van der Waals surface area contributed by atoms with Gasteiger partial charge in [-0.05, 0) is 48.6 Å². The van der Waals surface area contributed by atoms with Gasteiger partial charge in [0.25, 0.3) is 0 Å². The molecule has 1 fully saturated rings. The topological polar surface area (TPSA) is 56.7 Å². The number of nitrogens with one attached hydrogen (secondary N) is 2. The molecule has 1 saturated heterocycles. The molecule has 0 aromatic heterocycles. The molecule has 154 valence electrons. The lowest BCUT2D eigenvalue weighted by Gasteiger charge is -2.19. The minimum Gasteiger partial charge on any atom is -0.357 e. The van der Waals surface area contributed by atoms with E-state index in [9.17, 15) is 9.18 Å². The fourth-order valence-electron chi connectivity index (χ4n) is 3.46. The number of amides is 1. The van der Waals surface area contributed by atoms with Gasteiger partial charge in [0.1, 0.15) is 5.82 Å². The number of guanidine groups is 1. The highest BCUT2D eigenvalue weighted by Crippen LogP contribution is 2.17. The number of aliphatic imine (C=N–C) groups is 1. The van der Waals surface area contributed by atoms with E-state index in [0.29, 0.717) is 37.6 Å². The van der Waals surface area contributed by atoms with Gasteiger partial charge in [0, 0.05) is 32.6 Å². The summed E-state index contributed by atoms with van der Waals surface area (Å²) in [6.07, 6.45) is 1.60. The maximum absolute atomic E-state index is 13.4. The predicted octanol–water partition coefficient (Wildman–Crippen LogP) is 3.51. The van der Waals surface area contributed by atoms with Crippen LogP contribution in [-0.2, 0) is 24.4 Å². The Morgan fingerprint density at radius 3 is 2.66 bits per heavy atom. The third-order valence-electron chi connectivity index (χ3n) is 5.08. The molecule has 0 aliphatic carbocycles. The molecule has 0 unspecified atom stereocenters. The third-order valence-corrected chi connectivity index (χ3v) is 5.08. The minimum absolute atomic E-state index is 0.198. The lowest BCUT2D eigenvalue weighted by molar-refractivity contribution is -0.128. The number of aryl methyl sites for hydroxylation is 1. The van der Waals surface area contributed by atoms with Crippen LogP contribution in [0.3, 0.4) is 0 Å². The van der Waals surface area contributed by atoms with Crippen LogP contribution in [0.25, 0.3) is 0 Å². The first-order valence-corrected chi connectivity index (χ1v) is 10.2. The Labute approximate surface area is 172 Å². The number of benzene rings is 2. The summed E-state index contributed by atoms with van der Waals surface area (Å²) < 4.78 is 13.4. The van der Waals surface area contributed by atoms with Gasteiger partial charge in [-0.3, -0.25) is 4.79 Å². The first kappa shape index (κ1) is 20.8. The smallest absolute Gasteiger partial charge is 0.222 e. The fourth-order valence-corrected chi connectivity index (χ4v) is 3.46. The molecule has 2 N–H and O–H groups in total. The summed E-state index contributed by atoms with van der Waals surface area (Å²) in [4.78, 5) is 18.5. The molecule has 1 aliphatic heterocycles. The number of rotatable bonds is 7. The second kappa shape index (κ2) is 10.0. The van der Waals surface area contributed by atoms with Crippen molar-refractivity contribution < 1.29 is 9.18 Å². The van der Waals surface area contributed by atoms with Crippen LogP contribution >= 0.6 is 0 Å². The van der Waals surface area contributed by atoms with Crippen LogP contribution in [0.4, 0.5) is 4.39 Å². The summed E-state index contributed by atoms with van der Waals surface area (Å²) in [6.45, 7) is 7.10. The Morgan fingerprint density at radius 1 is 1.17 bits per heavy atom. The van der Waals surface area contributed by atoms with Gasteiger partial charge in [0.2, 0.25) is 5.91 Å². The predicted molar refractivity (Wildman–Crippen MR) is 114 cm³/mol. The number of carbonyl (C=O) groups is 1. The highest BCUT2D eigenvalue weighted by molar-refractivity contribution is 5.80. The Morgan fingerprint density at radius 2 is 1.97 bits per heavy atom. The van der Waals surface area contributed by atoms with Crippen molar-refractivity contribution in [2.24, 2.45) is 4.99 Å². The molecule has 3 rings (SSSR count). The minimum atomic E-state index is -0.198. The second-order valence-electron chi connectivity index (χ2n) is 7.32. The molecule has 2 aromatic carbocycles. The molecule has 2 aromatic rings. The summed E-state index contributed by atoms with van der Waals surface area (Å²) >= 11 is 0. The second-order valence-corrected chi connectivity index (χ2v) is 7.32. The maximum Gasteiger partial charge on any atom is 0.222 e. The standard InChI is InChI=1S/C23H29FN4O/c1-3-25-23(26-14-18-10-11-21(24)17(2)13-18)27-15-19-7-4-5-8-20(19)16-28-12-6-9-22(28)29/h4-5,7-8,10-11,13H,3,6,9,12,14-16H2,1-2H3,(H2,25,26,27). The molecule has 29 heavy (non-hydrogen) atoms. The number of likely N-dealkylation sites (tertiary alicyclic amines) is 1. The molecule has 0 bridgehead atoms. The van der Waals surface area contributed by atoms with Crippen molar-refractivity contribution in [3.63, 3.8) is 0 Å². The van der Waals surface area contributed by atoms with Gasteiger partial charge in [0.05, 0.1) is 6.54 Å². The molecule has 0 spiro atoms. The zero-order valence-corrected chi connectivity index (χ0v) is 17.2. The van der Waals surface area contributed by atoms with E-state index < -0.39 is 0 Å². The van der Waals surface area contributed by atoms with Gasteiger partial charge in [-0.25, -0.2) is 9.38 Å². The molecular weight excluding hydrogens is 367 g/mol. The van der Waals surface area contributed by atoms with E-state index in [1.807, 2.05) is 30.0 Å². The van der Waals surface area contributed by atoms with E-state index in [4.69, 9.17) is 0 Å². The summed E-state index contributed by atoms with van der Waals surface area (Å²) in [5.74, 6) is 0.745. The summed E-state index contributed by atoms with van der Waals surface area (Å²) in [5, 5.41) is 6.62. The van der Waals surface area contributed by atoms with E-state index >= 15 is 0 Å². The lowest BCUT2D eigenvalue weighted by atomic mass is 10.1. The molecule has 0 saturated carbocycles. The van der Waals surface area contributed by atoms with E-state index in [1.165, 1.54) is 6.07 Å². The third kappa shape index (κ3) is 5.79. The van der Waals surface area contributed by atoms with Crippen molar-refractivity contribution in [1.29, 1.82) is 0 Å². The van der Waals surface area contributed by atoms with Gasteiger partial charge in [0.15, 0.2) is 5.96 Å². The normalized spacial score (nSPS) is 14.4. The molecular formula is C23H29FN4O. The summed E-state index contributed by atoms with van der Waals surface area (Å²) in [6, 6.07) is 13.2. The van der Waals surface area contributed by atoms with E-state index in [2.05, 4.69) is 27.8 Å². The molecule has 0 atom stereocenters. The van der Waals surface area contributed by atoms with Crippen LogP contribution in [0.2, 0.25) is 0 Å². The molecule has 1 heterocycles. The molecule has 6 heteroatoms. The summed E-state index contributed by atoms with van der Waals surface area (Å²) in [7, 11) is 0. The monoisotopic (exact) mass is 396 g/mol. The number of hydrogen-bond donors (Lipinski definition) is 2. The highest BCUT2D eigenvalue weighted by Gasteiger charge is 2.20. The van der Waals surface area contributed by atoms with Gasteiger partial charge >= 0.3 is 0 Å². The van der Waals surface area contributed by atoms with Gasteiger partial charge in [-0.2, -0.15) is 0 Å². The van der Waals surface area contributed by atoms with Crippen LogP contribution < -0.4 is 10.6 Å². The van der Waals surface area contributed by atoms with Crippen LogP contribution in [-0.4, -0.2) is 29.9 Å². The zero-order valence-electron chi connectivity index (χ0n) is 17.2. The fraction of sp³-hybridized carbons (Fsp3) is 0.391. The Hall–Kier alpha value is -2.89. The molecule has 5 nitrogen and oxygen atoms in total. The van der Waals surface area contributed by atoms with E-state index in [-0.39, 0.29) is 11.7 Å². The van der Waals surface area contributed by atoms with Crippen molar-refractivity contribution >= 4 is 11.9 Å². The van der Waals surface area contributed by atoms with Gasteiger partial charge in [-0.15, -0.1) is 0 Å². The Kier molecular flexibility index (Phi) is 7.22. The van der Waals surface area contributed by atoms with Crippen molar-refractivity contribution in [3.05, 3.63) is 70.5 Å². The highest BCUT2D eigenvalue weighted by atomic mass is 19.1. The van der Waals surface area contributed by atoms with Crippen LogP contribution in [0.5, 0.6) is 0 Å². The molecule has 0 radical (unpaired) electrons. The Balaban J connectivity index is 1.65. The van der Waals surface area contributed by atoms with Gasteiger partial charge in [-0.1, -0.05) is 36.4 Å². The molecule has 1 aliphatic rings. The SMILES string of the molecule is CCNC(=NCc1ccc(F)c(C)c1)NCc1ccccc1CN1CCCC1=O. The van der Waals surface area contributed by atoms with Crippen molar-refractivity contribution in [1.82, 2.24) is 15.5 Å². The Bertz CT molecular complexity index is 881. The molecule has 1 amide bonds. The quantitative estimate of drug-likeness (QED) is 0.556. The van der Waals surface area contributed by atoms with Crippen molar-refractivity contribution in [2.45, 2.75) is 46.3 Å². The first-order chi connectivity index (χ1) is 14.1. The van der Waals surface area contributed by atoms with Crippen molar-refractivity contribution in [3.8, 4) is 0 Å². The number of nitrogens with zero attached hydrogens (tertiary/aromatic N) is 2. The van der Waals surface area contributed by atoms with Gasteiger partial charge < -0.3 is 15.5 Å². The first-order valence-electron chi connectivity index (χ1n) is 10.2. The summed E-state index contributed by atoms with van der Waals surface area (Å²) in [5.41, 5.74) is 3.89. The lowest BCUT2D eigenvalue weighted by Crippen LogP contribution is -2.37. The largest absolute Gasteiger partial charge is 0.357 e. The zero-order chi connectivity index (χ0) is 20.6. The van der Waals surface area contributed by atoms with E-state index in [0.717, 1.165) is 36.2 Å². The average Bonchev–Trinajstić information content (AvgIpc) is 3.12. The number of hydrogen-bond acceptors (Lipinski definition) is 2. The van der Waals surface area contributed by atoms with Crippen LogP contribution in [0.1, 0.15) is 42.0 Å². The number of halogens is 1. The average molecular weight is 397 g/mol. The number of carbonyl (C=O) groups excluding carboxylic acids is 1.